The van der Waals surface area contributed by atoms with E-state index in [0.717, 1.165) is 36.3 Å². The molecule has 0 saturated heterocycles. The van der Waals surface area contributed by atoms with Gasteiger partial charge in [0.2, 0.25) is 4.96 Å². The van der Waals surface area contributed by atoms with E-state index in [1.807, 2.05) is 42.5 Å². The monoisotopic (exact) mass is 378 g/mol. The van der Waals surface area contributed by atoms with Crippen molar-refractivity contribution in [2.45, 2.75) is 19.8 Å². The summed E-state index contributed by atoms with van der Waals surface area (Å²) >= 11 is 1.33. The Morgan fingerprint density at radius 1 is 1.15 bits per heavy atom. The molecule has 27 heavy (non-hydrogen) atoms. The predicted molar refractivity (Wildman–Crippen MR) is 106 cm³/mol. The van der Waals surface area contributed by atoms with Crippen molar-refractivity contribution in [2.75, 3.05) is 6.61 Å². The highest BCUT2D eigenvalue weighted by molar-refractivity contribution is 7.15. The van der Waals surface area contributed by atoms with Crippen LogP contribution in [-0.4, -0.2) is 26.2 Å². The van der Waals surface area contributed by atoms with Gasteiger partial charge in [-0.05, 0) is 42.3 Å². The summed E-state index contributed by atoms with van der Waals surface area (Å²) in [6.45, 7) is 2.85. The summed E-state index contributed by atoms with van der Waals surface area (Å²) < 4.78 is 7.62. The fraction of sp³-hybridized carbons (Fsp3) is 0.200. The smallest absolute Gasteiger partial charge is 0.291 e. The Balaban J connectivity index is 1.61. The van der Waals surface area contributed by atoms with Crippen molar-refractivity contribution in [2.24, 2.45) is 0 Å². The largest absolute Gasteiger partial charge is 0.494 e. The van der Waals surface area contributed by atoms with Crippen LogP contribution in [-0.2, 0) is 0 Å². The number of pyridine rings is 1. The third-order valence-electron chi connectivity index (χ3n) is 4.06. The molecule has 0 bridgehead atoms. The third kappa shape index (κ3) is 3.73. The summed E-state index contributed by atoms with van der Waals surface area (Å²) in [6, 6.07) is 11.4. The Kier molecular flexibility index (Phi) is 4.93. The van der Waals surface area contributed by atoms with Crippen LogP contribution in [0.1, 0.15) is 25.3 Å². The molecule has 4 rings (SSSR count). The Morgan fingerprint density at radius 3 is 2.63 bits per heavy atom. The van der Waals surface area contributed by atoms with Gasteiger partial charge in [0.25, 0.3) is 5.56 Å². The van der Waals surface area contributed by atoms with E-state index in [2.05, 4.69) is 22.0 Å². The van der Waals surface area contributed by atoms with Crippen molar-refractivity contribution in [3.05, 3.63) is 69.2 Å². The van der Waals surface area contributed by atoms with Gasteiger partial charge in [-0.25, -0.2) is 0 Å². The summed E-state index contributed by atoms with van der Waals surface area (Å²) in [6.07, 6.45) is 7.35. The van der Waals surface area contributed by atoms with E-state index < -0.39 is 0 Å². The quantitative estimate of drug-likeness (QED) is 0.483. The van der Waals surface area contributed by atoms with Crippen LogP contribution in [0.3, 0.4) is 0 Å². The number of aromatic nitrogens is 4. The Bertz CT molecular complexity index is 1150. The van der Waals surface area contributed by atoms with Crippen molar-refractivity contribution < 1.29 is 4.74 Å². The minimum atomic E-state index is -0.161. The van der Waals surface area contributed by atoms with Crippen LogP contribution < -0.4 is 14.8 Å². The number of unbranched alkanes of at least 4 members (excludes halogenated alkanes) is 1. The molecule has 0 fully saturated rings. The molecule has 0 spiro atoms. The molecule has 136 valence electrons. The fourth-order valence-corrected chi connectivity index (χ4v) is 3.51. The summed E-state index contributed by atoms with van der Waals surface area (Å²) in [4.78, 5) is 21.6. The summed E-state index contributed by atoms with van der Waals surface area (Å²) in [5.41, 5.74) is 1.62. The van der Waals surface area contributed by atoms with Crippen LogP contribution >= 0.6 is 11.3 Å². The first-order valence-electron chi connectivity index (χ1n) is 8.79. The van der Waals surface area contributed by atoms with Crippen LogP contribution in [0.15, 0.2) is 53.6 Å². The standard InChI is InChI=1S/C20H18N4O2S/c1-2-3-12-26-16-6-4-14(5-7-16)13-17-19(25)24-20(27-17)22-18(23-24)15-8-10-21-11-9-15/h4-11,13H,2-3,12H2,1H3/b17-13+. The number of thiazole rings is 1. The topological polar surface area (TPSA) is 69.4 Å². The SMILES string of the molecule is CCCCOc1ccc(/C=c2/sc3nc(-c4ccncc4)nn3c2=O)cc1. The van der Waals surface area contributed by atoms with E-state index >= 15 is 0 Å². The van der Waals surface area contributed by atoms with Crippen LogP contribution in [0.2, 0.25) is 0 Å². The van der Waals surface area contributed by atoms with Gasteiger partial charge in [-0.2, -0.15) is 9.50 Å². The summed E-state index contributed by atoms with van der Waals surface area (Å²) in [5, 5.41) is 4.34. The molecule has 0 aliphatic carbocycles. The second kappa shape index (κ2) is 7.67. The lowest BCUT2D eigenvalue weighted by Crippen LogP contribution is -2.23. The maximum absolute atomic E-state index is 12.6. The fourth-order valence-electron chi connectivity index (χ4n) is 2.60. The lowest BCUT2D eigenvalue weighted by atomic mass is 10.2. The first-order valence-corrected chi connectivity index (χ1v) is 9.61. The van der Waals surface area contributed by atoms with E-state index in [9.17, 15) is 4.79 Å². The van der Waals surface area contributed by atoms with E-state index in [4.69, 9.17) is 4.74 Å². The minimum absolute atomic E-state index is 0.161. The van der Waals surface area contributed by atoms with Gasteiger partial charge in [-0.15, -0.1) is 5.10 Å². The maximum atomic E-state index is 12.6. The number of hydrogen-bond donors (Lipinski definition) is 0. The zero-order valence-electron chi connectivity index (χ0n) is 14.8. The van der Waals surface area contributed by atoms with Crippen LogP contribution in [0.4, 0.5) is 0 Å². The number of nitrogens with zero attached hydrogens (tertiary/aromatic N) is 4. The van der Waals surface area contributed by atoms with E-state index in [-0.39, 0.29) is 5.56 Å². The maximum Gasteiger partial charge on any atom is 0.291 e. The van der Waals surface area contributed by atoms with Gasteiger partial charge in [-0.1, -0.05) is 36.8 Å². The molecule has 1 aromatic carbocycles. The molecule has 0 N–H and O–H groups in total. The molecule has 0 saturated carbocycles. The second-order valence-corrected chi connectivity index (χ2v) is 7.06. The average molecular weight is 378 g/mol. The lowest BCUT2D eigenvalue weighted by molar-refractivity contribution is 0.309. The molecule has 0 aliphatic heterocycles. The lowest BCUT2D eigenvalue weighted by Gasteiger charge is -2.04. The van der Waals surface area contributed by atoms with Crippen molar-refractivity contribution in [3.63, 3.8) is 0 Å². The minimum Gasteiger partial charge on any atom is -0.494 e. The van der Waals surface area contributed by atoms with E-state index in [1.54, 1.807) is 12.4 Å². The van der Waals surface area contributed by atoms with Gasteiger partial charge in [0.05, 0.1) is 11.1 Å². The Hall–Kier alpha value is -3.06. The van der Waals surface area contributed by atoms with Crippen LogP contribution in [0.25, 0.3) is 22.4 Å². The highest BCUT2D eigenvalue weighted by Gasteiger charge is 2.11. The molecule has 0 radical (unpaired) electrons. The average Bonchev–Trinajstić information content (AvgIpc) is 3.24. The molecular weight excluding hydrogens is 360 g/mol. The zero-order valence-corrected chi connectivity index (χ0v) is 15.6. The van der Waals surface area contributed by atoms with Crippen LogP contribution in [0.5, 0.6) is 5.75 Å². The normalized spacial score (nSPS) is 12.0. The predicted octanol–water partition coefficient (Wildman–Crippen LogP) is 2.94. The van der Waals surface area contributed by atoms with Gasteiger partial charge >= 0.3 is 0 Å². The van der Waals surface area contributed by atoms with Crippen molar-refractivity contribution >= 4 is 22.4 Å². The number of ether oxygens (including phenoxy) is 1. The summed E-state index contributed by atoms with van der Waals surface area (Å²) in [7, 11) is 0. The molecule has 0 unspecified atom stereocenters. The second-order valence-electron chi connectivity index (χ2n) is 6.05. The third-order valence-corrected chi connectivity index (χ3v) is 5.02. The number of benzene rings is 1. The molecule has 7 heteroatoms. The number of fused-ring (bicyclic) bond motifs is 1. The van der Waals surface area contributed by atoms with Crippen molar-refractivity contribution in [1.82, 2.24) is 19.6 Å². The highest BCUT2D eigenvalue weighted by atomic mass is 32.1. The molecule has 6 nitrogen and oxygen atoms in total. The molecule has 3 aromatic heterocycles. The number of hydrogen-bond acceptors (Lipinski definition) is 6. The highest BCUT2D eigenvalue weighted by Crippen LogP contribution is 2.16. The van der Waals surface area contributed by atoms with Crippen molar-refractivity contribution in [3.8, 4) is 17.1 Å². The molecule has 0 atom stereocenters. The summed E-state index contributed by atoms with van der Waals surface area (Å²) in [5.74, 6) is 1.37. The first kappa shape index (κ1) is 17.4. The van der Waals surface area contributed by atoms with Crippen LogP contribution in [0, 0.1) is 0 Å². The molecular formula is C20H18N4O2S. The molecule has 0 amide bonds. The Morgan fingerprint density at radius 2 is 1.93 bits per heavy atom. The molecule has 3 heterocycles. The Labute approximate surface area is 159 Å². The molecule has 0 aliphatic rings. The first-order chi connectivity index (χ1) is 13.2. The van der Waals surface area contributed by atoms with Crippen molar-refractivity contribution in [1.29, 1.82) is 0 Å². The van der Waals surface area contributed by atoms with Gasteiger partial charge < -0.3 is 4.74 Å². The van der Waals surface area contributed by atoms with E-state index in [1.165, 1.54) is 15.9 Å². The van der Waals surface area contributed by atoms with Gasteiger partial charge in [0.1, 0.15) is 5.75 Å². The number of rotatable bonds is 6. The van der Waals surface area contributed by atoms with Gasteiger partial charge in [0, 0.05) is 18.0 Å². The van der Waals surface area contributed by atoms with Gasteiger partial charge in [0.15, 0.2) is 5.82 Å². The zero-order chi connectivity index (χ0) is 18.6. The molecule has 4 aromatic rings. The van der Waals surface area contributed by atoms with E-state index in [0.29, 0.717) is 15.3 Å². The van der Waals surface area contributed by atoms with Gasteiger partial charge in [-0.3, -0.25) is 9.78 Å².